The number of terminal acetylenes is 1. The zero-order chi connectivity index (χ0) is 11.4. The highest BCUT2D eigenvalue weighted by Crippen LogP contribution is 2.04. The molecule has 0 aliphatic heterocycles. The minimum Gasteiger partial charge on any atom is -0.308 e. The average Bonchev–Trinajstić information content (AvgIpc) is 2.69. The van der Waals surface area contributed by atoms with Crippen LogP contribution in [0.15, 0.2) is 30.6 Å². The number of aromatic nitrogens is 2. The van der Waals surface area contributed by atoms with Crippen molar-refractivity contribution < 1.29 is 0 Å². The van der Waals surface area contributed by atoms with E-state index in [2.05, 4.69) is 23.1 Å². The van der Waals surface area contributed by atoms with Crippen LogP contribution in [-0.2, 0) is 6.54 Å². The predicted molar refractivity (Wildman–Crippen MR) is 64.9 cm³/mol. The van der Waals surface area contributed by atoms with Crippen LogP contribution < -0.4 is 5.32 Å². The van der Waals surface area contributed by atoms with Gasteiger partial charge in [0.15, 0.2) is 0 Å². The second kappa shape index (κ2) is 4.82. The van der Waals surface area contributed by atoms with E-state index in [4.69, 9.17) is 6.42 Å². The quantitative estimate of drug-likeness (QED) is 0.785. The molecule has 0 saturated carbocycles. The van der Waals surface area contributed by atoms with E-state index in [1.54, 1.807) is 0 Å². The van der Waals surface area contributed by atoms with Gasteiger partial charge in [-0.1, -0.05) is 6.07 Å². The minimum atomic E-state index is 0.329. The Labute approximate surface area is 95.5 Å². The Morgan fingerprint density at radius 3 is 3.19 bits per heavy atom. The normalized spacial score (nSPS) is 12.5. The number of hydrogen-bond donors (Lipinski definition) is 1. The summed E-state index contributed by atoms with van der Waals surface area (Å²) in [6.07, 6.45) is 10.0. The van der Waals surface area contributed by atoms with Gasteiger partial charge in [0.2, 0.25) is 0 Å². The van der Waals surface area contributed by atoms with Gasteiger partial charge >= 0.3 is 0 Å². The molecule has 1 unspecified atom stereocenters. The Morgan fingerprint density at radius 1 is 1.56 bits per heavy atom. The van der Waals surface area contributed by atoms with Gasteiger partial charge in [-0.3, -0.25) is 0 Å². The molecule has 82 valence electrons. The third-order valence-electron chi connectivity index (χ3n) is 2.47. The summed E-state index contributed by atoms with van der Waals surface area (Å²) in [6.45, 7) is 2.83. The molecule has 0 aromatic carbocycles. The third-order valence-corrected chi connectivity index (χ3v) is 2.47. The van der Waals surface area contributed by atoms with E-state index in [-0.39, 0.29) is 0 Å². The summed E-state index contributed by atoms with van der Waals surface area (Å²) < 4.78 is 2.02. The molecule has 0 radical (unpaired) electrons. The third kappa shape index (κ3) is 2.41. The molecule has 0 saturated heterocycles. The van der Waals surface area contributed by atoms with Gasteiger partial charge in [0.25, 0.3) is 0 Å². The summed E-state index contributed by atoms with van der Waals surface area (Å²) in [6, 6.07) is 6.30. The van der Waals surface area contributed by atoms with Crippen LogP contribution in [0.2, 0.25) is 0 Å². The number of nitrogens with one attached hydrogen (secondary N) is 1. The fourth-order valence-corrected chi connectivity index (χ4v) is 1.60. The Balaban J connectivity index is 2.02. The molecule has 3 heteroatoms. The van der Waals surface area contributed by atoms with Crippen LogP contribution in [0.4, 0.5) is 0 Å². The second-order valence-electron chi connectivity index (χ2n) is 3.89. The molecule has 2 aromatic heterocycles. The fourth-order valence-electron chi connectivity index (χ4n) is 1.60. The molecule has 16 heavy (non-hydrogen) atoms. The second-order valence-corrected chi connectivity index (χ2v) is 3.89. The van der Waals surface area contributed by atoms with Crippen molar-refractivity contribution in [1.29, 1.82) is 0 Å². The van der Waals surface area contributed by atoms with E-state index >= 15 is 0 Å². The van der Waals surface area contributed by atoms with Gasteiger partial charge in [0, 0.05) is 31.4 Å². The van der Waals surface area contributed by atoms with E-state index in [0.29, 0.717) is 6.04 Å². The molecule has 3 nitrogen and oxygen atoms in total. The summed E-state index contributed by atoms with van der Waals surface area (Å²) in [4.78, 5) is 4.49. The van der Waals surface area contributed by atoms with Crippen molar-refractivity contribution in [2.75, 3.05) is 0 Å². The van der Waals surface area contributed by atoms with Gasteiger partial charge in [-0.25, -0.2) is 4.98 Å². The molecule has 0 bridgehead atoms. The maximum Gasteiger partial charge on any atom is 0.137 e. The number of nitrogens with zero attached hydrogens (tertiary/aromatic N) is 2. The van der Waals surface area contributed by atoms with Gasteiger partial charge in [-0.05, 0) is 19.1 Å². The first-order chi connectivity index (χ1) is 7.79. The molecule has 1 atom stereocenters. The summed E-state index contributed by atoms with van der Waals surface area (Å²) in [7, 11) is 0. The molecule has 2 heterocycles. The summed E-state index contributed by atoms with van der Waals surface area (Å²) in [5.41, 5.74) is 2.01. The van der Waals surface area contributed by atoms with Crippen molar-refractivity contribution in [1.82, 2.24) is 14.7 Å². The Bertz CT molecular complexity index is 474. The lowest BCUT2D eigenvalue weighted by Gasteiger charge is -2.08. The van der Waals surface area contributed by atoms with Crippen LogP contribution in [0, 0.1) is 12.3 Å². The van der Waals surface area contributed by atoms with E-state index < -0.39 is 0 Å². The highest BCUT2D eigenvalue weighted by Gasteiger charge is 2.03. The van der Waals surface area contributed by atoms with Gasteiger partial charge in [0.05, 0.1) is 5.69 Å². The van der Waals surface area contributed by atoms with Crippen molar-refractivity contribution >= 4 is 5.65 Å². The Hall–Kier alpha value is -1.79. The number of pyridine rings is 1. The van der Waals surface area contributed by atoms with Crippen molar-refractivity contribution in [3.63, 3.8) is 0 Å². The molecular weight excluding hydrogens is 198 g/mol. The Morgan fingerprint density at radius 2 is 2.44 bits per heavy atom. The number of rotatable bonds is 4. The first-order valence-corrected chi connectivity index (χ1v) is 5.39. The van der Waals surface area contributed by atoms with Crippen molar-refractivity contribution in [2.24, 2.45) is 0 Å². The molecule has 2 rings (SSSR count). The molecule has 1 N–H and O–H groups in total. The number of fused-ring (bicyclic) bond motifs is 1. The molecular formula is C13H15N3. The van der Waals surface area contributed by atoms with Crippen LogP contribution in [-0.4, -0.2) is 15.4 Å². The SMILES string of the molecule is C#CCC(C)NCc1cn2ccccc2n1. The lowest BCUT2D eigenvalue weighted by Crippen LogP contribution is -2.24. The molecule has 0 aliphatic rings. The minimum absolute atomic E-state index is 0.329. The van der Waals surface area contributed by atoms with Crippen LogP contribution in [0.5, 0.6) is 0 Å². The fraction of sp³-hybridized carbons (Fsp3) is 0.308. The van der Waals surface area contributed by atoms with Crippen molar-refractivity contribution in [3.05, 3.63) is 36.3 Å². The highest BCUT2D eigenvalue weighted by atomic mass is 15.0. The largest absolute Gasteiger partial charge is 0.308 e. The highest BCUT2D eigenvalue weighted by molar-refractivity contribution is 5.39. The van der Waals surface area contributed by atoms with E-state index in [1.807, 2.05) is 35.0 Å². The van der Waals surface area contributed by atoms with E-state index in [9.17, 15) is 0 Å². The van der Waals surface area contributed by atoms with E-state index in [1.165, 1.54) is 0 Å². The van der Waals surface area contributed by atoms with Crippen molar-refractivity contribution in [2.45, 2.75) is 25.9 Å². The zero-order valence-corrected chi connectivity index (χ0v) is 9.35. The molecule has 0 amide bonds. The van der Waals surface area contributed by atoms with Gasteiger partial charge in [-0.2, -0.15) is 0 Å². The van der Waals surface area contributed by atoms with Crippen LogP contribution in [0.3, 0.4) is 0 Å². The van der Waals surface area contributed by atoms with Gasteiger partial charge < -0.3 is 9.72 Å². The number of hydrogen-bond acceptors (Lipinski definition) is 2. The lowest BCUT2D eigenvalue weighted by atomic mass is 10.2. The monoisotopic (exact) mass is 213 g/mol. The number of imidazole rings is 1. The Kier molecular flexibility index (Phi) is 3.23. The summed E-state index contributed by atoms with van der Waals surface area (Å²) in [5.74, 6) is 2.64. The maximum absolute atomic E-state index is 5.25. The molecule has 0 spiro atoms. The first-order valence-electron chi connectivity index (χ1n) is 5.39. The zero-order valence-electron chi connectivity index (χ0n) is 9.35. The van der Waals surface area contributed by atoms with Crippen LogP contribution in [0.1, 0.15) is 19.0 Å². The first kappa shape index (κ1) is 10.7. The van der Waals surface area contributed by atoms with Crippen LogP contribution in [0.25, 0.3) is 5.65 Å². The lowest BCUT2D eigenvalue weighted by molar-refractivity contribution is 0.554. The van der Waals surface area contributed by atoms with Gasteiger partial charge in [0.1, 0.15) is 5.65 Å². The predicted octanol–water partition coefficient (Wildman–Crippen LogP) is 1.84. The molecule has 0 fully saturated rings. The standard InChI is InChI=1S/C13H15N3/c1-3-6-11(2)14-9-12-10-16-8-5-4-7-13(16)15-12/h1,4-5,7-8,10-11,14H,6,9H2,2H3. The summed E-state index contributed by atoms with van der Waals surface area (Å²) >= 11 is 0. The molecule has 2 aromatic rings. The smallest absolute Gasteiger partial charge is 0.137 e. The topological polar surface area (TPSA) is 29.3 Å². The van der Waals surface area contributed by atoms with Crippen molar-refractivity contribution in [3.8, 4) is 12.3 Å². The van der Waals surface area contributed by atoms with Crippen LogP contribution >= 0.6 is 0 Å². The van der Waals surface area contributed by atoms with E-state index in [0.717, 1.165) is 24.3 Å². The summed E-state index contributed by atoms with van der Waals surface area (Å²) in [5, 5.41) is 3.34. The molecule has 0 aliphatic carbocycles. The maximum atomic E-state index is 5.25. The van der Waals surface area contributed by atoms with Gasteiger partial charge in [-0.15, -0.1) is 12.3 Å². The average molecular weight is 213 g/mol.